The molecule has 1 unspecified atom stereocenters. The molecular formula is C17H33ClN4O2. The first kappa shape index (κ1) is 21.2. The van der Waals surface area contributed by atoms with Crippen LogP contribution in [0.25, 0.3) is 0 Å². The number of hydrogen-bond donors (Lipinski definition) is 1. The van der Waals surface area contributed by atoms with E-state index in [1.165, 1.54) is 6.42 Å². The van der Waals surface area contributed by atoms with Crippen LogP contribution in [0.2, 0.25) is 0 Å². The van der Waals surface area contributed by atoms with Crippen molar-refractivity contribution in [2.24, 2.45) is 5.73 Å². The van der Waals surface area contributed by atoms with Gasteiger partial charge in [0, 0.05) is 39.3 Å². The first-order valence-electron chi connectivity index (χ1n) is 9.02. The SMILES string of the molecule is CCCC(C)(N)C(=O)N1CCN(CC(=O)N2CCCCC2)CC1.Cl. The molecule has 0 saturated carbocycles. The van der Waals surface area contributed by atoms with Gasteiger partial charge in [0.2, 0.25) is 11.8 Å². The zero-order chi connectivity index (χ0) is 16.9. The fourth-order valence-electron chi connectivity index (χ4n) is 3.53. The number of hydrogen-bond acceptors (Lipinski definition) is 4. The molecule has 0 aliphatic carbocycles. The van der Waals surface area contributed by atoms with Crippen LogP contribution in [0, 0.1) is 0 Å². The summed E-state index contributed by atoms with van der Waals surface area (Å²) in [5, 5.41) is 0. The average molecular weight is 361 g/mol. The van der Waals surface area contributed by atoms with Gasteiger partial charge >= 0.3 is 0 Å². The Kier molecular flexibility index (Phi) is 8.46. The molecule has 0 aromatic rings. The number of carbonyl (C=O) groups excluding carboxylic acids is 2. The number of piperidine rings is 1. The molecule has 2 N–H and O–H groups in total. The van der Waals surface area contributed by atoms with E-state index in [1.807, 2.05) is 23.6 Å². The summed E-state index contributed by atoms with van der Waals surface area (Å²) in [6.07, 6.45) is 5.10. The predicted molar refractivity (Wildman–Crippen MR) is 98.2 cm³/mol. The lowest BCUT2D eigenvalue weighted by molar-refractivity contribution is -0.139. The summed E-state index contributed by atoms with van der Waals surface area (Å²) in [5.74, 6) is 0.278. The Balaban J connectivity index is 0.00000288. The largest absolute Gasteiger partial charge is 0.342 e. The lowest BCUT2D eigenvalue weighted by Crippen LogP contribution is -2.59. The molecule has 0 bridgehead atoms. The monoisotopic (exact) mass is 360 g/mol. The van der Waals surface area contributed by atoms with E-state index in [0.717, 1.165) is 45.4 Å². The molecule has 0 aromatic carbocycles. The van der Waals surface area contributed by atoms with Gasteiger partial charge in [0.1, 0.15) is 0 Å². The first-order valence-corrected chi connectivity index (χ1v) is 9.02. The van der Waals surface area contributed by atoms with E-state index in [-0.39, 0.29) is 24.2 Å². The Morgan fingerprint density at radius 2 is 1.54 bits per heavy atom. The third kappa shape index (κ3) is 5.60. The summed E-state index contributed by atoms with van der Waals surface area (Å²) in [7, 11) is 0. The zero-order valence-corrected chi connectivity index (χ0v) is 15.9. The van der Waals surface area contributed by atoms with Gasteiger partial charge < -0.3 is 15.5 Å². The van der Waals surface area contributed by atoms with Crippen molar-refractivity contribution in [2.45, 2.75) is 51.5 Å². The summed E-state index contributed by atoms with van der Waals surface area (Å²) in [6.45, 7) is 9.01. The topological polar surface area (TPSA) is 69.9 Å². The molecule has 2 fully saturated rings. The molecular weight excluding hydrogens is 328 g/mol. The van der Waals surface area contributed by atoms with Crippen molar-refractivity contribution in [1.29, 1.82) is 0 Å². The number of carbonyl (C=O) groups is 2. The van der Waals surface area contributed by atoms with Crippen molar-refractivity contribution in [3.8, 4) is 0 Å². The minimum Gasteiger partial charge on any atom is -0.342 e. The predicted octanol–water partition coefficient (Wildman–Crippen LogP) is 1.08. The molecule has 2 saturated heterocycles. The highest BCUT2D eigenvalue weighted by Gasteiger charge is 2.33. The van der Waals surface area contributed by atoms with Crippen LogP contribution in [0.5, 0.6) is 0 Å². The van der Waals surface area contributed by atoms with E-state index in [2.05, 4.69) is 4.90 Å². The molecule has 0 radical (unpaired) electrons. The minimum atomic E-state index is -0.763. The molecule has 6 nitrogen and oxygen atoms in total. The van der Waals surface area contributed by atoms with Crippen molar-refractivity contribution in [1.82, 2.24) is 14.7 Å². The lowest BCUT2D eigenvalue weighted by atomic mass is 9.95. The van der Waals surface area contributed by atoms with Crippen LogP contribution in [0.1, 0.15) is 46.0 Å². The van der Waals surface area contributed by atoms with Gasteiger partial charge in [-0.05, 0) is 32.6 Å². The van der Waals surface area contributed by atoms with Crippen LogP contribution in [-0.4, -0.2) is 77.9 Å². The maximum atomic E-state index is 12.5. The molecule has 2 aliphatic heterocycles. The van der Waals surface area contributed by atoms with E-state index in [4.69, 9.17) is 5.73 Å². The highest BCUT2D eigenvalue weighted by Crippen LogP contribution is 2.15. The highest BCUT2D eigenvalue weighted by molar-refractivity contribution is 5.86. The summed E-state index contributed by atoms with van der Waals surface area (Å²) in [6, 6.07) is 0. The maximum absolute atomic E-state index is 12.5. The van der Waals surface area contributed by atoms with Crippen LogP contribution in [0.15, 0.2) is 0 Å². The molecule has 7 heteroatoms. The second-order valence-electron chi connectivity index (χ2n) is 7.18. The molecule has 2 aliphatic rings. The minimum absolute atomic E-state index is 0. The molecule has 140 valence electrons. The van der Waals surface area contributed by atoms with E-state index >= 15 is 0 Å². The van der Waals surface area contributed by atoms with Crippen LogP contribution >= 0.6 is 12.4 Å². The number of piperazine rings is 1. The standard InChI is InChI=1S/C17H32N4O2.ClH/c1-3-7-17(2,18)16(23)21-12-10-19(11-13-21)14-15(22)20-8-5-4-6-9-20;/h3-14,18H2,1-2H3;1H. The van der Waals surface area contributed by atoms with Gasteiger partial charge in [-0.25, -0.2) is 0 Å². The lowest BCUT2D eigenvalue weighted by Gasteiger charge is -2.39. The fraction of sp³-hybridized carbons (Fsp3) is 0.882. The molecule has 2 heterocycles. The van der Waals surface area contributed by atoms with Gasteiger partial charge in [-0.15, -0.1) is 12.4 Å². The number of nitrogens with zero attached hydrogens (tertiary/aromatic N) is 3. The van der Waals surface area contributed by atoms with Crippen molar-refractivity contribution in [3.05, 3.63) is 0 Å². The number of rotatable bonds is 5. The van der Waals surface area contributed by atoms with Gasteiger partial charge in [-0.1, -0.05) is 13.3 Å². The molecule has 0 aromatic heterocycles. The first-order chi connectivity index (χ1) is 10.9. The Hall–Kier alpha value is -0.850. The number of halogens is 1. The fourth-order valence-corrected chi connectivity index (χ4v) is 3.53. The smallest absolute Gasteiger partial charge is 0.242 e. The van der Waals surface area contributed by atoms with E-state index in [9.17, 15) is 9.59 Å². The van der Waals surface area contributed by atoms with Crippen LogP contribution < -0.4 is 5.73 Å². The normalized spacial score (nSPS) is 21.8. The van der Waals surface area contributed by atoms with Crippen molar-refractivity contribution in [3.63, 3.8) is 0 Å². The average Bonchev–Trinajstić information content (AvgIpc) is 2.55. The van der Waals surface area contributed by atoms with Crippen LogP contribution in [-0.2, 0) is 9.59 Å². The van der Waals surface area contributed by atoms with Crippen molar-refractivity contribution < 1.29 is 9.59 Å². The van der Waals surface area contributed by atoms with Crippen LogP contribution in [0.3, 0.4) is 0 Å². The number of likely N-dealkylation sites (tertiary alicyclic amines) is 1. The number of nitrogens with two attached hydrogens (primary N) is 1. The van der Waals surface area contributed by atoms with Crippen LogP contribution in [0.4, 0.5) is 0 Å². The summed E-state index contributed by atoms with van der Waals surface area (Å²) >= 11 is 0. The molecule has 1 atom stereocenters. The second kappa shape index (κ2) is 9.59. The Labute approximate surface area is 152 Å². The van der Waals surface area contributed by atoms with Gasteiger partial charge in [0.15, 0.2) is 0 Å². The summed E-state index contributed by atoms with van der Waals surface area (Å²) in [5.41, 5.74) is 5.39. The Morgan fingerprint density at radius 1 is 0.958 bits per heavy atom. The van der Waals surface area contributed by atoms with Gasteiger partial charge in [0.25, 0.3) is 0 Å². The van der Waals surface area contributed by atoms with E-state index in [0.29, 0.717) is 26.1 Å². The molecule has 2 amide bonds. The molecule has 2 rings (SSSR count). The summed E-state index contributed by atoms with van der Waals surface area (Å²) in [4.78, 5) is 30.8. The molecule has 24 heavy (non-hydrogen) atoms. The van der Waals surface area contributed by atoms with Gasteiger partial charge in [-0.2, -0.15) is 0 Å². The van der Waals surface area contributed by atoms with E-state index in [1.54, 1.807) is 0 Å². The van der Waals surface area contributed by atoms with Crippen molar-refractivity contribution >= 4 is 24.2 Å². The second-order valence-corrected chi connectivity index (χ2v) is 7.18. The summed E-state index contributed by atoms with van der Waals surface area (Å²) < 4.78 is 0. The third-order valence-corrected chi connectivity index (χ3v) is 4.99. The maximum Gasteiger partial charge on any atom is 0.242 e. The quantitative estimate of drug-likeness (QED) is 0.796. The Morgan fingerprint density at radius 3 is 2.08 bits per heavy atom. The van der Waals surface area contributed by atoms with Gasteiger partial charge in [0.05, 0.1) is 12.1 Å². The molecule has 0 spiro atoms. The van der Waals surface area contributed by atoms with E-state index < -0.39 is 5.54 Å². The number of amides is 2. The highest BCUT2D eigenvalue weighted by atomic mass is 35.5. The van der Waals surface area contributed by atoms with Crippen molar-refractivity contribution in [2.75, 3.05) is 45.8 Å². The third-order valence-electron chi connectivity index (χ3n) is 4.99. The zero-order valence-electron chi connectivity index (χ0n) is 15.1. The Bertz CT molecular complexity index is 417. The van der Waals surface area contributed by atoms with Gasteiger partial charge in [-0.3, -0.25) is 14.5 Å².